The average Bonchev–Trinajstić information content (AvgIpc) is 3.12. The molecular formula is C17H17F3N4OS. The molecule has 2 aromatic rings. The van der Waals surface area contributed by atoms with Crippen LogP contribution in [0.3, 0.4) is 0 Å². The number of aliphatic hydroxyl groups is 1. The van der Waals surface area contributed by atoms with Crippen LogP contribution in [0.2, 0.25) is 0 Å². The monoisotopic (exact) mass is 382 g/mol. The Hall–Kier alpha value is -2.00. The van der Waals surface area contributed by atoms with Crippen LogP contribution in [0.4, 0.5) is 18.3 Å². The topological polar surface area (TPSA) is 61.6 Å². The molecule has 9 heteroatoms. The van der Waals surface area contributed by atoms with E-state index in [-0.39, 0.29) is 11.6 Å². The molecule has 0 bridgehead atoms. The molecule has 0 radical (unpaired) electrons. The Labute approximate surface area is 152 Å². The Morgan fingerprint density at radius 2 is 1.96 bits per heavy atom. The van der Waals surface area contributed by atoms with Gasteiger partial charge in [-0.2, -0.15) is 23.3 Å². The van der Waals surface area contributed by atoms with Crippen molar-refractivity contribution in [1.29, 1.82) is 0 Å². The van der Waals surface area contributed by atoms with Gasteiger partial charge in [0.1, 0.15) is 0 Å². The summed E-state index contributed by atoms with van der Waals surface area (Å²) in [5.74, 6) is -1.04. The largest absolute Gasteiger partial charge is 0.439 e. The lowest BCUT2D eigenvalue weighted by Gasteiger charge is -2.37. The molecule has 1 N–H and O–H groups in total. The second-order valence-corrected chi connectivity index (χ2v) is 7.37. The molecule has 1 fully saturated rings. The van der Waals surface area contributed by atoms with Crippen LogP contribution in [0, 0.1) is 5.92 Å². The quantitative estimate of drug-likeness (QED) is 0.845. The third-order valence-electron chi connectivity index (χ3n) is 4.93. The minimum Gasteiger partial charge on any atom is -0.362 e. The minimum absolute atomic E-state index is 0.0391. The van der Waals surface area contributed by atoms with Crippen molar-refractivity contribution in [2.75, 3.05) is 5.01 Å². The van der Waals surface area contributed by atoms with Crippen molar-refractivity contribution in [3.05, 3.63) is 29.9 Å². The van der Waals surface area contributed by atoms with Crippen molar-refractivity contribution < 1.29 is 18.3 Å². The smallest absolute Gasteiger partial charge is 0.362 e. The number of aromatic nitrogens is 2. The molecule has 2 atom stereocenters. The van der Waals surface area contributed by atoms with E-state index >= 15 is 0 Å². The first-order chi connectivity index (χ1) is 12.4. The minimum atomic E-state index is -4.84. The third kappa shape index (κ3) is 2.69. The van der Waals surface area contributed by atoms with Crippen LogP contribution < -0.4 is 5.01 Å². The molecule has 1 saturated carbocycles. The number of hydrogen-bond donors (Lipinski definition) is 1. The molecule has 26 heavy (non-hydrogen) atoms. The van der Waals surface area contributed by atoms with E-state index in [1.165, 1.54) is 0 Å². The van der Waals surface area contributed by atoms with Gasteiger partial charge in [0, 0.05) is 29.0 Å². The van der Waals surface area contributed by atoms with Crippen molar-refractivity contribution in [3.8, 4) is 11.3 Å². The number of rotatable bonds is 2. The van der Waals surface area contributed by atoms with E-state index in [1.54, 1.807) is 29.9 Å². The maximum Gasteiger partial charge on any atom is 0.439 e. The molecule has 138 valence electrons. The summed E-state index contributed by atoms with van der Waals surface area (Å²) in [6.07, 6.45) is 1.38. The normalized spacial score (nSPS) is 26.4. The van der Waals surface area contributed by atoms with E-state index in [0.717, 1.165) is 29.7 Å². The van der Waals surface area contributed by atoms with Gasteiger partial charge in [0.2, 0.25) is 5.13 Å². The molecule has 0 spiro atoms. The number of thiazole rings is 1. The van der Waals surface area contributed by atoms with Gasteiger partial charge >= 0.3 is 6.18 Å². The molecule has 2 aliphatic rings. The van der Waals surface area contributed by atoms with Gasteiger partial charge < -0.3 is 5.11 Å². The molecule has 1 aliphatic heterocycles. The molecule has 0 unspecified atom stereocenters. The number of hydrazone groups is 1. The van der Waals surface area contributed by atoms with Gasteiger partial charge in [0.15, 0.2) is 0 Å². The van der Waals surface area contributed by atoms with Crippen LogP contribution in [-0.4, -0.2) is 32.7 Å². The van der Waals surface area contributed by atoms with Gasteiger partial charge in [-0.1, -0.05) is 12.8 Å². The van der Waals surface area contributed by atoms with Gasteiger partial charge in [-0.05, 0) is 31.4 Å². The summed E-state index contributed by atoms with van der Waals surface area (Å²) in [4.78, 5) is 8.23. The molecule has 5 nitrogen and oxygen atoms in total. The van der Waals surface area contributed by atoms with Crippen molar-refractivity contribution in [2.45, 2.75) is 44.0 Å². The van der Waals surface area contributed by atoms with Crippen LogP contribution in [0.5, 0.6) is 0 Å². The molecule has 4 rings (SSSR count). The van der Waals surface area contributed by atoms with E-state index < -0.39 is 17.8 Å². The Morgan fingerprint density at radius 1 is 1.19 bits per heavy atom. The first kappa shape index (κ1) is 17.4. The zero-order chi connectivity index (χ0) is 18.4. The van der Waals surface area contributed by atoms with Crippen LogP contribution in [0.1, 0.15) is 32.1 Å². The van der Waals surface area contributed by atoms with Gasteiger partial charge in [-0.25, -0.2) is 4.98 Å². The first-order valence-electron chi connectivity index (χ1n) is 8.44. The summed E-state index contributed by atoms with van der Waals surface area (Å²) >= 11 is 1.04. The Bertz CT molecular complexity index is 823. The summed E-state index contributed by atoms with van der Waals surface area (Å²) in [5, 5.41) is 17.4. The number of hydrogen-bond acceptors (Lipinski definition) is 6. The van der Waals surface area contributed by atoms with Crippen LogP contribution in [0.15, 0.2) is 35.0 Å². The number of alkyl halides is 3. The number of nitrogens with zero attached hydrogens (tertiary/aromatic N) is 4. The van der Waals surface area contributed by atoms with Crippen LogP contribution >= 0.6 is 11.3 Å². The van der Waals surface area contributed by atoms with Gasteiger partial charge in [0.25, 0.3) is 5.72 Å². The van der Waals surface area contributed by atoms with Crippen molar-refractivity contribution in [3.63, 3.8) is 0 Å². The highest BCUT2D eigenvalue weighted by Crippen LogP contribution is 2.50. The summed E-state index contributed by atoms with van der Waals surface area (Å²) in [6, 6.07) is 3.46. The number of pyridine rings is 1. The maximum atomic E-state index is 13.9. The van der Waals surface area contributed by atoms with Crippen molar-refractivity contribution >= 4 is 22.2 Å². The van der Waals surface area contributed by atoms with Crippen molar-refractivity contribution in [1.82, 2.24) is 9.97 Å². The predicted octanol–water partition coefficient (Wildman–Crippen LogP) is 4.21. The molecule has 0 aromatic carbocycles. The van der Waals surface area contributed by atoms with Crippen LogP contribution in [-0.2, 0) is 0 Å². The SMILES string of the molecule is O[C@@]1(C(F)(F)F)[C@@H]2CCCCCC2=NN1c1nc(-c2ccncc2)cs1. The van der Waals surface area contributed by atoms with E-state index in [1.807, 2.05) is 0 Å². The van der Waals surface area contributed by atoms with E-state index in [2.05, 4.69) is 15.1 Å². The highest BCUT2D eigenvalue weighted by Gasteiger charge is 2.67. The van der Waals surface area contributed by atoms with E-state index in [4.69, 9.17) is 0 Å². The number of anilines is 1. The molecular weight excluding hydrogens is 365 g/mol. The summed E-state index contributed by atoms with van der Waals surface area (Å²) in [7, 11) is 0. The lowest BCUT2D eigenvalue weighted by molar-refractivity contribution is -0.268. The second kappa shape index (κ2) is 6.31. The number of halogens is 3. The lowest BCUT2D eigenvalue weighted by atomic mass is 9.87. The highest BCUT2D eigenvalue weighted by atomic mass is 32.1. The first-order valence-corrected chi connectivity index (χ1v) is 9.32. The summed E-state index contributed by atoms with van der Waals surface area (Å²) in [5.41, 5.74) is -1.34. The predicted molar refractivity (Wildman–Crippen MR) is 92.8 cm³/mol. The highest BCUT2D eigenvalue weighted by molar-refractivity contribution is 7.14. The summed E-state index contributed by atoms with van der Waals surface area (Å²) in [6.45, 7) is 0. The molecule has 0 saturated heterocycles. The fraction of sp³-hybridized carbons (Fsp3) is 0.471. The van der Waals surface area contributed by atoms with E-state index in [0.29, 0.717) is 29.3 Å². The lowest BCUT2D eigenvalue weighted by Crippen LogP contribution is -2.60. The third-order valence-corrected chi connectivity index (χ3v) is 5.75. The maximum absolute atomic E-state index is 13.9. The fourth-order valence-electron chi connectivity index (χ4n) is 3.60. The molecule has 2 aromatic heterocycles. The molecule has 0 amide bonds. The van der Waals surface area contributed by atoms with Gasteiger partial charge in [-0.3, -0.25) is 4.98 Å². The summed E-state index contributed by atoms with van der Waals surface area (Å²) < 4.78 is 41.8. The Morgan fingerprint density at radius 3 is 2.69 bits per heavy atom. The zero-order valence-electron chi connectivity index (χ0n) is 13.8. The van der Waals surface area contributed by atoms with Gasteiger partial charge in [-0.15, -0.1) is 11.3 Å². The van der Waals surface area contributed by atoms with Gasteiger partial charge in [0.05, 0.1) is 11.6 Å². The van der Waals surface area contributed by atoms with E-state index in [9.17, 15) is 18.3 Å². The molecule has 3 heterocycles. The van der Waals surface area contributed by atoms with Crippen molar-refractivity contribution in [2.24, 2.45) is 11.0 Å². The fourth-order valence-corrected chi connectivity index (χ4v) is 4.44. The zero-order valence-corrected chi connectivity index (χ0v) is 14.6. The average molecular weight is 382 g/mol. The Kier molecular flexibility index (Phi) is 4.23. The number of fused-ring (bicyclic) bond motifs is 1. The Balaban J connectivity index is 1.76. The standard InChI is InChI=1S/C17H17F3N4OS/c18-17(19,20)16(25)12-4-2-1-3-5-13(12)23-24(16)15-22-14(10-26-15)11-6-8-21-9-7-11/h6-10,12,25H,1-5H2/t12-,16-/m1/s1. The van der Waals surface area contributed by atoms with Crippen LogP contribution in [0.25, 0.3) is 11.3 Å². The second-order valence-electron chi connectivity index (χ2n) is 6.53. The molecule has 1 aliphatic carbocycles.